The van der Waals surface area contributed by atoms with E-state index in [-0.39, 0.29) is 0 Å². The third-order valence-electron chi connectivity index (χ3n) is 2.82. The van der Waals surface area contributed by atoms with Gasteiger partial charge in [-0.05, 0) is 36.4 Å². The number of rotatable bonds is 7. The van der Waals surface area contributed by atoms with E-state index in [9.17, 15) is 4.79 Å². The van der Waals surface area contributed by atoms with Gasteiger partial charge in [-0.25, -0.2) is 0 Å². The van der Waals surface area contributed by atoms with Crippen LogP contribution in [-0.4, -0.2) is 26.6 Å². The van der Waals surface area contributed by atoms with Crippen molar-refractivity contribution in [1.82, 2.24) is 0 Å². The van der Waals surface area contributed by atoms with E-state index in [4.69, 9.17) is 37.4 Å². The summed E-state index contributed by atoms with van der Waals surface area (Å²) in [5, 5.41) is 0.994. The molecule has 4 nitrogen and oxygen atoms in total. The number of carbonyl (C=O) groups excluding carboxylic acids is 1. The van der Waals surface area contributed by atoms with E-state index in [1.807, 2.05) is 0 Å². The van der Waals surface area contributed by atoms with Gasteiger partial charge in [0.15, 0.2) is 11.5 Å². The predicted octanol–water partition coefficient (Wildman–Crippen LogP) is 4.27. The van der Waals surface area contributed by atoms with Crippen molar-refractivity contribution in [1.29, 1.82) is 0 Å². The molecule has 0 bridgehead atoms. The molecule has 2 rings (SSSR count). The van der Waals surface area contributed by atoms with Crippen LogP contribution < -0.4 is 14.2 Å². The van der Waals surface area contributed by atoms with Crippen molar-refractivity contribution >= 4 is 29.5 Å². The third kappa shape index (κ3) is 4.29. The summed E-state index contributed by atoms with van der Waals surface area (Å²) in [5.41, 5.74) is 0.522. The smallest absolute Gasteiger partial charge is 0.161 e. The van der Waals surface area contributed by atoms with E-state index >= 15 is 0 Å². The summed E-state index contributed by atoms with van der Waals surface area (Å²) in [6, 6.07) is 9.95. The number of hydrogen-bond donors (Lipinski definition) is 0. The first-order valence-corrected chi connectivity index (χ1v) is 7.23. The Morgan fingerprint density at radius 2 is 1.64 bits per heavy atom. The number of aldehydes is 1. The molecule has 0 saturated heterocycles. The highest BCUT2D eigenvalue weighted by atomic mass is 35.5. The van der Waals surface area contributed by atoms with Gasteiger partial charge < -0.3 is 14.2 Å². The van der Waals surface area contributed by atoms with Gasteiger partial charge in [-0.2, -0.15) is 0 Å². The van der Waals surface area contributed by atoms with Crippen molar-refractivity contribution in [2.45, 2.75) is 0 Å². The zero-order valence-corrected chi connectivity index (χ0v) is 13.4. The van der Waals surface area contributed by atoms with Gasteiger partial charge in [0.2, 0.25) is 0 Å². The number of halogens is 2. The lowest BCUT2D eigenvalue weighted by Crippen LogP contribution is -2.09. The summed E-state index contributed by atoms with van der Waals surface area (Å²) >= 11 is 11.8. The van der Waals surface area contributed by atoms with Crippen molar-refractivity contribution in [3.8, 4) is 17.2 Å². The second-order valence-corrected chi connectivity index (χ2v) is 5.14. The van der Waals surface area contributed by atoms with Crippen molar-refractivity contribution in [2.24, 2.45) is 0 Å². The van der Waals surface area contributed by atoms with Gasteiger partial charge in [-0.15, -0.1) is 0 Å². The number of ether oxygens (including phenoxy) is 3. The van der Waals surface area contributed by atoms with Crippen LogP contribution >= 0.6 is 23.2 Å². The molecule has 0 unspecified atom stereocenters. The molecule has 0 heterocycles. The molecular weight excluding hydrogens is 327 g/mol. The standard InChI is InChI=1S/C16H14Cl2O4/c1-20-16-8-11(10-19)2-4-15(16)22-7-6-21-14-5-3-12(17)9-13(14)18/h2-5,8-10H,6-7H2,1H3. The zero-order valence-electron chi connectivity index (χ0n) is 11.8. The fraction of sp³-hybridized carbons (Fsp3) is 0.188. The monoisotopic (exact) mass is 340 g/mol. The molecule has 0 saturated carbocycles. The van der Waals surface area contributed by atoms with E-state index in [1.165, 1.54) is 7.11 Å². The van der Waals surface area contributed by atoms with Crippen molar-refractivity contribution in [2.75, 3.05) is 20.3 Å². The molecule has 0 aliphatic rings. The minimum absolute atomic E-state index is 0.301. The van der Waals surface area contributed by atoms with E-state index in [0.717, 1.165) is 6.29 Å². The Morgan fingerprint density at radius 3 is 2.27 bits per heavy atom. The zero-order chi connectivity index (χ0) is 15.9. The van der Waals surface area contributed by atoms with Crippen LogP contribution in [0.3, 0.4) is 0 Å². The molecule has 22 heavy (non-hydrogen) atoms. The quantitative estimate of drug-likeness (QED) is 0.557. The molecule has 0 spiro atoms. The molecule has 0 atom stereocenters. The second-order valence-electron chi connectivity index (χ2n) is 4.30. The van der Waals surface area contributed by atoms with Crippen molar-refractivity contribution in [3.05, 3.63) is 52.0 Å². The highest BCUT2D eigenvalue weighted by Gasteiger charge is 2.06. The molecule has 0 aliphatic heterocycles. The minimum Gasteiger partial charge on any atom is -0.493 e. The topological polar surface area (TPSA) is 44.8 Å². The summed E-state index contributed by atoms with van der Waals surface area (Å²) < 4.78 is 16.3. The van der Waals surface area contributed by atoms with Crippen LogP contribution in [0.15, 0.2) is 36.4 Å². The fourth-order valence-corrected chi connectivity index (χ4v) is 2.24. The number of methoxy groups -OCH3 is 1. The van der Waals surface area contributed by atoms with Crippen LogP contribution in [0.2, 0.25) is 10.0 Å². The molecule has 116 valence electrons. The maximum atomic E-state index is 10.7. The summed E-state index contributed by atoms with van der Waals surface area (Å²) in [5.74, 6) is 1.57. The lowest BCUT2D eigenvalue weighted by molar-refractivity contribution is 0.112. The Morgan fingerprint density at radius 1 is 0.955 bits per heavy atom. The summed E-state index contributed by atoms with van der Waals surface area (Å²) in [4.78, 5) is 10.7. The highest BCUT2D eigenvalue weighted by molar-refractivity contribution is 6.35. The lowest BCUT2D eigenvalue weighted by Gasteiger charge is -2.12. The average Bonchev–Trinajstić information content (AvgIpc) is 2.53. The van der Waals surface area contributed by atoms with Gasteiger partial charge in [0, 0.05) is 10.6 Å². The Hall–Kier alpha value is -1.91. The van der Waals surface area contributed by atoms with Crippen LogP contribution in [0.4, 0.5) is 0 Å². The first-order chi connectivity index (χ1) is 10.6. The van der Waals surface area contributed by atoms with Crippen LogP contribution in [0.5, 0.6) is 17.2 Å². The third-order valence-corrected chi connectivity index (χ3v) is 3.35. The Bertz CT molecular complexity index is 659. The van der Waals surface area contributed by atoms with Crippen molar-refractivity contribution < 1.29 is 19.0 Å². The second kappa shape index (κ2) is 7.92. The normalized spacial score (nSPS) is 10.1. The lowest BCUT2D eigenvalue weighted by atomic mass is 10.2. The van der Waals surface area contributed by atoms with Crippen LogP contribution in [0.1, 0.15) is 10.4 Å². The van der Waals surface area contributed by atoms with Gasteiger partial charge >= 0.3 is 0 Å². The van der Waals surface area contributed by atoms with Crippen LogP contribution in [-0.2, 0) is 0 Å². The van der Waals surface area contributed by atoms with Gasteiger partial charge in [-0.1, -0.05) is 23.2 Å². The van der Waals surface area contributed by atoms with Gasteiger partial charge in [0.1, 0.15) is 25.2 Å². The first kappa shape index (κ1) is 16.5. The Kier molecular flexibility index (Phi) is 5.92. The number of hydrogen-bond acceptors (Lipinski definition) is 4. The maximum Gasteiger partial charge on any atom is 0.161 e. The molecule has 0 aliphatic carbocycles. The predicted molar refractivity (Wildman–Crippen MR) is 85.8 cm³/mol. The molecule has 2 aromatic carbocycles. The van der Waals surface area contributed by atoms with Gasteiger partial charge in [0.05, 0.1) is 12.1 Å². The molecule has 0 fully saturated rings. The minimum atomic E-state index is 0.301. The molecular formula is C16H14Cl2O4. The number of benzene rings is 2. The summed E-state index contributed by atoms with van der Waals surface area (Å²) in [6.45, 7) is 0.607. The fourth-order valence-electron chi connectivity index (χ4n) is 1.77. The van der Waals surface area contributed by atoms with Gasteiger partial charge in [0.25, 0.3) is 0 Å². The molecule has 0 N–H and O–H groups in total. The highest BCUT2D eigenvalue weighted by Crippen LogP contribution is 2.29. The van der Waals surface area contributed by atoms with Crippen molar-refractivity contribution in [3.63, 3.8) is 0 Å². The maximum absolute atomic E-state index is 10.7. The van der Waals surface area contributed by atoms with Crippen LogP contribution in [0, 0.1) is 0 Å². The first-order valence-electron chi connectivity index (χ1n) is 6.48. The van der Waals surface area contributed by atoms with E-state index in [0.29, 0.717) is 46.1 Å². The summed E-state index contributed by atoms with van der Waals surface area (Å²) in [6.07, 6.45) is 0.748. The SMILES string of the molecule is COc1cc(C=O)ccc1OCCOc1ccc(Cl)cc1Cl. The van der Waals surface area contributed by atoms with Crippen LogP contribution in [0.25, 0.3) is 0 Å². The number of carbonyl (C=O) groups is 1. The molecule has 2 aromatic rings. The Labute approximate surface area is 138 Å². The van der Waals surface area contributed by atoms with E-state index in [1.54, 1.807) is 36.4 Å². The largest absolute Gasteiger partial charge is 0.493 e. The van der Waals surface area contributed by atoms with Gasteiger partial charge in [-0.3, -0.25) is 4.79 Å². The van der Waals surface area contributed by atoms with E-state index in [2.05, 4.69) is 0 Å². The Balaban J connectivity index is 1.90. The molecule has 6 heteroatoms. The average molecular weight is 341 g/mol. The molecule has 0 amide bonds. The molecule has 0 aromatic heterocycles. The molecule has 0 radical (unpaired) electrons. The summed E-state index contributed by atoms with van der Waals surface area (Å²) in [7, 11) is 1.51. The van der Waals surface area contributed by atoms with E-state index < -0.39 is 0 Å².